The van der Waals surface area contributed by atoms with Crippen LogP contribution in [0.25, 0.3) is 10.9 Å². The molecule has 5 nitrogen and oxygen atoms in total. The van der Waals surface area contributed by atoms with E-state index in [2.05, 4.69) is 15.5 Å². The number of hydrogen-bond donors (Lipinski definition) is 3. The molecule has 2 aromatic carbocycles. The number of aromatic nitrogens is 2. The van der Waals surface area contributed by atoms with E-state index in [0.717, 1.165) is 23.0 Å². The number of rotatable bonds is 3. The van der Waals surface area contributed by atoms with Crippen LogP contribution in [-0.4, -0.2) is 27.3 Å². The van der Waals surface area contributed by atoms with Crippen molar-refractivity contribution in [3.63, 3.8) is 0 Å². The molecule has 3 aromatic rings. The topological polar surface area (TPSA) is 78.0 Å². The molecule has 0 radical (unpaired) electrons. The minimum atomic E-state index is -4.50. The predicted molar refractivity (Wildman–Crippen MR) is 104 cm³/mol. The highest BCUT2D eigenvalue weighted by atomic mass is 35.5. The fourth-order valence-corrected chi connectivity index (χ4v) is 4.99. The molecule has 0 spiro atoms. The number of carbonyl (C=O) groups excluding carboxylic acids is 1. The fourth-order valence-electron chi connectivity index (χ4n) is 4.77. The van der Waals surface area contributed by atoms with Crippen molar-refractivity contribution in [3.05, 3.63) is 64.3 Å². The van der Waals surface area contributed by atoms with Crippen molar-refractivity contribution in [1.82, 2.24) is 15.5 Å². The maximum absolute atomic E-state index is 12.9. The summed E-state index contributed by atoms with van der Waals surface area (Å²) in [6, 6.07) is 7.69. The lowest BCUT2D eigenvalue weighted by Crippen LogP contribution is -2.33. The summed E-state index contributed by atoms with van der Waals surface area (Å²) in [4.78, 5) is 12.5. The first-order chi connectivity index (χ1) is 14.2. The van der Waals surface area contributed by atoms with Crippen LogP contribution in [-0.2, 0) is 11.8 Å². The van der Waals surface area contributed by atoms with Crippen LogP contribution in [0.15, 0.2) is 42.6 Å². The molecule has 2 aliphatic rings. The first-order valence-electron chi connectivity index (χ1n) is 9.49. The summed E-state index contributed by atoms with van der Waals surface area (Å²) in [5, 5.41) is 22.2. The zero-order chi connectivity index (χ0) is 21.3. The number of alkyl halides is 3. The van der Waals surface area contributed by atoms with Gasteiger partial charge in [0.15, 0.2) is 0 Å². The summed E-state index contributed by atoms with van der Waals surface area (Å²) in [6.07, 6.45) is -1.98. The van der Waals surface area contributed by atoms with E-state index in [1.165, 1.54) is 12.1 Å². The molecule has 0 aliphatic heterocycles. The van der Waals surface area contributed by atoms with Gasteiger partial charge in [-0.2, -0.15) is 18.3 Å². The van der Waals surface area contributed by atoms with Gasteiger partial charge >= 0.3 is 6.18 Å². The summed E-state index contributed by atoms with van der Waals surface area (Å²) in [5.41, 5.74) is -0.528. The van der Waals surface area contributed by atoms with Crippen LogP contribution >= 0.6 is 11.6 Å². The molecule has 2 saturated carbocycles. The maximum Gasteiger partial charge on any atom is 0.416 e. The molecule has 1 aromatic heterocycles. The van der Waals surface area contributed by atoms with E-state index in [1.54, 1.807) is 18.3 Å². The highest BCUT2D eigenvalue weighted by Crippen LogP contribution is 2.60. The van der Waals surface area contributed by atoms with Gasteiger partial charge in [-0.05, 0) is 60.6 Å². The van der Waals surface area contributed by atoms with Crippen molar-refractivity contribution in [2.75, 3.05) is 0 Å². The minimum Gasteiger partial charge on any atom is -0.385 e. The van der Waals surface area contributed by atoms with Crippen LogP contribution < -0.4 is 5.32 Å². The maximum atomic E-state index is 12.9. The minimum absolute atomic E-state index is 0.0278. The molecule has 4 atom stereocenters. The number of hydrogen-bond acceptors (Lipinski definition) is 3. The summed E-state index contributed by atoms with van der Waals surface area (Å²) < 4.78 is 38.6. The lowest BCUT2D eigenvalue weighted by Gasteiger charge is -2.27. The Labute approximate surface area is 174 Å². The van der Waals surface area contributed by atoms with Gasteiger partial charge in [0, 0.05) is 22.0 Å². The second kappa shape index (κ2) is 6.46. The lowest BCUT2D eigenvalue weighted by molar-refractivity contribution is -0.137. The molecule has 1 amide bonds. The molecule has 5 rings (SSSR count). The summed E-state index contributed by atoms with van der Waals surface area (Å²) in [7, 11) is 0. The molecule has 2 aliphatic carbocycles. The van der Waals surface area contributed by atoms with Gasteiger partial charge in [-0.3, -0.25) is 9.89 Å². The number of aliphatic hydroxyl groups is 1. The number of H-pyrrole nitrogens is 1. The number of carbonyl (C=O) groups is 1. The molecule has 30 heavy (non-hydrogen) atoms. The van der Waals surface area contributed by atoms with Gasteiger partial charge in [-0.15, -0.1) is 0 Å². The SMILES string of the molecule is O=C(NC1[C@H]2CC(O)(c3cc(Cl)cc4[nH]ncc34)C[C@@H]12)c1cccc(C(F)(F)F)c1. The Morgan fingerprint density at radius 3 is 2.67 bits per heavy atom. The van der Waals surface area contributed by atoms with Crippen molar-refractivity contribution in [2.24, 2.45) is 11.8 Å². The normalized spacial score (nSPS) is 27.8. The van der Waals surface area contributed by atoms with Crippen LogP contribution in [0.3, 0.4) is 0 Å². The number of halogens is 4. The van der Waals surface area contributed by atoms with Crippen molar-refractivity contribution in [3.8, 4) is 0 Å². The third-order valence-corrected chi connectivity index (χ3v) is 6.47. The van der Waals surface area contributed by atoms with Gasteiger partial charge in [-0.1, -0.05) is 17.7 Å². The number of nitrogens with one attached hydrogen (secondary N) is 2. The van der Waals surface area contributed by atoms with Crippen molar-refractivity contribution in [1.29, 1.82) is 0 Å². The molecule has 0 saturated heterocycles. The molecule has 2 fully saturated rings. The monoisotopic (exact) mass is 435 g/mol. The van der Waals surface area contributed by atoms with Gasteiger partial charge in [0.1, 0.15) is 0 Å². The molecule has 156 valence electrons. The second-order valence-electron chi connectivity index (χ2n) is 8.13. The summed E-state index contributed by atoms with van der Waals surface area (Å²) in [5.74, 6) is -0.416. The van der Waals surface area contributed by atoms with Crippen LogP contribution in [0.2, 0.25) is 5.02 Å². The molecular weight excluding hydrogens is 419 g/mol. The Morgan fingerprint density at radius 1 is 1.23 bits per heavy atom. The first kappa shape index (κ1) is 19.4. The zero-order valence-corrected chi connectivity index (χ0v) is 16.3. The van der Waals surface area contributed by atoms with Crippen molar-refractivity contribution >= 4 is 28.4 Å². The third kappa shape index (κ3) is 3.15. The zero-order valence-electron chi connectivity index (χ0n) is 15.5. The van der Waals surface area contributed by atoms with Crippen LogP contribution in [0, 0.1) is 11.8 Å². The fraction of sp³-hybridized carbons (Fsp3) is 0.333. The van der Waals surface area contributed by atoms with Gasteiger partial charge in [0.05, 0.1) is 22.9 Å². The molecule has 0 bridgehead atoms. The number of nitrogens with zero attached hydrogens (tertiary/aromatic N) is 1. The van der Waals surface area contributed by atoms with Gasteiger partial charge in [0.25, 0.3) is 5.91 Å². The number of aromatic amines is 1. The van der Waals surface area contributed by atoms with E-state index in [0.29, 0.717) is 23.4 Å². The van der Waals surface area contributed by atoms with Crippen molar-refractivity contribution in [2.45, 2.75) is 30.7 Å². The standard InChI is InChI=1S/C21H17ClF3N3O2/c22-12-5-16(15-9-26-28-17(15)6-12)20(30)7-13-14(8-20)18(13)27-19(29)10-2-1-3-11(4-10)21(23,24)25/h1-6,9,13-14,18,30H,7-8H2,(H,26,28)(H,27,29)/t13-,14+,18?,20?. The Hall–Kier alpha value is -2.58. The predicted octanol–water partition coefficient (Wildman–Crippen LogP) is 4.26. The van der Waals surface area contributed by atoms with Gasteiger partial charge in [0.2, 0.25) is 0 Å². The number of benzene rings is 2. The van der Waals surface area contributed by atoms with E-state index in [9.17, 15) is 23.1 Å². The van der Waals surface area contributed by atoms with E-state index in [1.807, 2.05) is 0 Å². The lowest BCUT2D eigenvalue weighted by atomic mass is 9.86. The van der Waals surface area contributed by atoms with E-state index >= 15 is 0 Å². The van der Waals surface area contributed by atoms with Crippen LogP contribution in [0.5, 0.6) is 0 Å². The smallest absolute Gasteiger partial charge is 0.385 e. The quantitative estimate of drug-likeness (QED) is 0.575. The number of amides is 1. The first-order valence-corrected chi connectivity index (χ1v) is 9.87. The Morgan fingerprint density at radius 2 is 1.97 bits per heavy atom. The highest BCUT2D eigenvalue weighted by molar-refractivity contribution is 6.31. The molecule has 3 N–H and O–H groups in total. The van der Waals surface area contributed by atoms with Crippen LogP contribution in [0.4, 0.5) is 13.2 Å². The molecule has 2 unspecified atom stereocenters. The number of fused-ring (bicyclic) bond motifs is 2. The molecule has 1 heterocycles. The van der Waals surface area contributed by atoms with Crippen molar-refractivity contribution < 1.29 is 23.1 Å². The van der Waals surface area contributed by atoms with Gasteiger partial charge < -0.3 is 10.4 Å². The largest absolute Gasteiger partial charge is 0.416 e. The summed E-state index contributed by atoms with van der Waals surface area (Å²) in [6.45, 7) is 0. The average molecular weight is 436 g/mol. The van der Waals surface area contributed by atoms with Crippen LogP contribution in [0.1, 0.15) is 34.3 Å². The Kier molecular flexibility index (Phi) is 4.17. The molecular formula is C21H17ClF3N3O2. The van der Waals surface area contributed by atoms with E-state index in [4.69, 9.17) is 11.6 Å². The van der Waals surface area contributed by atoms with Gasteiger partial charge in [-0.25, -0.2) is 0 Å². The molecule has 9 heteroatoms. The van der Waals surface area contributed by atoms with E-state index < -0.39 is 23.2 Å². The Balaban J connectivity index is 1.30. The third-order valence-electron chi connectivity index (χ3n) is 6.25. The average Bonchev–Trinajstić information content (AvgIpc) is 3.03. The summed E-state index contributed by atoms with van der Waals surface area (Å²) >= 11 is 6.18. The second-order valence-corrected chi connectivity index (χ2v) is 8.57. The Bertz CT molecular complexity index is 1150. The highest BCUT2D eigenvalue weighted by Gasteiger charge is 2.62. The van der Waals surface area contributed by atoms with E-state index in [-0.39, 0.29) is 23.4 Å².